The Morgan fingerprint density at radius 2 is 2.04 bits per heavy atom. The van der Waals surface area contributed by atoms with E-state index in [1.54, 1.807) is 12.4 Å². The van der Waals surface area contributed by atoms with Crippen molar-refractivity contribution in [1.29, 1.82) is 0 Å². The van der Waals surface area contributed by atoms with Crippen LogP contribution in [0.2, 0.25) is 0 Å². The molecule has 23 heavy (non-hydrogen) atoms. The fraction of sp³-hybridized carbons (Fsp3) is 0.588. The van der Waals surface area contributed by atoms with Crippen LogP contribution in [0.3, 0.4) is 0 Å². The molecule has 0 aromatic carbocycles. The second-order valence-electron chi connectivity index (χ2n) is 6.19. The Bertz CT molecular complexity index is 543. The molecule has 1 aromatic rings. The van der Waals surface area contributed by atoms with Crippen molar-refractivity contribution < 1.29 is 14.3 Å². The molecule has 0 bridgehead atoms. The van der Waals surface area contributed by atoms with Crippen molar-refractivity contribution in [2.45, 2.75) is 31.7 Å². The van der Waals surface area contributed by atoms with Crippen molar-refractivity contribution in [3.8, 4) is 0 Å². The van der Waals surface area contributed by atoms with Crippen LogP contribution >= 0.6 is 0 Å². The molecule has 6 nitrogen and oxygen atoms in total. The van der Waals surface area contributed by atoms with Crippen molar-refractivity contribution in [3.63, 3.8) is 0 Å². The summed E-state index contributed by atoms with van der Waals surface area (Å²) >= 11 is 0. The highest BCUT2D eigenvalue weighted by atomic mass is 16.5. The quantitative estimate of drug-likeness (QED) is 0.871. The number of ether oxygens (including phenoxy) is 1. The molecule has 0 radical (unpaired) electrons. The van der Waals surface area contributed by atoms with Gasteiger partial charge in [0.05, 0.1) is 5.92 Å². The largest absolute Gasteiger partial charge is 0.381 e. The van der Waals surface area contributed by atoms with E-state index in [0.29, 0.717) is 32.7 Å². The SMILES string of the molecule is O=C(NCCc1ccncc1)[C@H]1CC(=O)N(C2CCOCC2)C1. The minimum atomic E-state index is -0.220. The first-order valence-electron chi connectivity index (χ1n) is 8.28. The average Bonchev–Trinajstić information content (AvgIpc) is 2.98. The number of carbonyl (C=O) groups is 2. The summed E-state index contributed by atoms with van der Waals surface area (Å²) in [6.45, 7) is 2.55. The van der Waals surface area contributed by atoms with Crippen LogP contribution in [0, 0.1) is 5.92 Å². The molecule has 1 N–H and O–H groups in total. The lowest BCUT2D eigenvalue weighted by atomic mass is 10.1. The van der Waals surface area contributed by atoms with E-state index in [2.05, 4.69) is 10.3 Å². The van der Waals surface area contributed by atoms with Crippen molar-refractivity contribution in [2.75, 3.05) is 26.3 Å². The average molecular weight is 317 g/mol. The van der Waals surface area contributed by atoms with Crippen LogP contribution in [0.25, 0.3) is 0 Å². The number of nitrogens with zero attached hydrogens (tertiary/aromatic N) is 2. The first kappa shape index (κ1) is 15.9. The summed E-state index contributed by atoms with van der Waals surface area (Å²) < 4.78 is 5.34. The fourth-order valence-electron chi connectivity index (χ4n) is 3.28. The lowest BCUT2D eigenvalue weighted by Gasteiger charge is -2.31. The molecule has 2 amide bonds. The van der Waals surface area contributed by atoms with Crippen LogP contribution in [0.15, 0.2) is 24.5 Å². The van der Waals surface area contributed by atoms with Crippen molar-refractivity contribution in [1.82, 2.24) is 15.2 Å². The molecule has 124 valence electrons. The lowest BCUT2D eigenvalue weighted by Crippen LogP contribution is -2.41. The van der Waals surface area contributed by atoms with Crippen molar-refractivity contribution in [3.05, 3.63) is 30.1 Å². The van der Waals surface area contributed by atoms with E-state index < -0.39 is 0 Å². The number of pyridine rings is 1. The normalized spacial score (nSPS) is 22.3. The maximum atomic E-state index is 12.3. The number of aromatic nitrogens is 1. The molecule has 1 atom stereocenters. The predicted octanol–water partition coefficient (Wildman–Crippen LogP) is 0.768. The number of rotatable bonds is 5. The Labute approximate surface area is 136 Å². The van der Waals surface area contributed by atoms with Gasteiger partial charge in [0.15, 0.2) is 0 Å². The summed E-state index contributed by atoms with van der Waals surface area (Å²) in [5, 5.41) is 2.95. The molecule has 2 saturated heterocycles. The fourth-order valence-corrected chi connectivity index (χ4v) is 3.28. The number of hydrogen-bond acceptors (Lipinski definition) is 4. The van der Waals surface area contributed by atoms with Crippen LogP contribution in [-0.4, -0.2) is 54.0 Å². The lowest BCUT2D eigenvalue weighted by molar-refractivity contribution is -0.131. The third-order valence-corrected chi connectivity index (χ3v) is 4.62. The Morgan fingerprint density at radius 3 is 2.78 bits per heavy atom. The van der Waals surface area contributed by atoms with E-state index in [0.717, 1.165) is 24.8 Å². The molecular weight excluding hydrogens is 294 g/mol. The molecule has 0 unspecified atom stereocenters. The van der Waals surface area contributed by atoms with Crippen LogP contribution in [-0.2, 0) is 20.7 Å². The molecule has 2 fully saturated rings. The van der Waals surface area contributed by atoms with Crippen molar-refractivity contribution >= 4 is 11.8 Å². The monoisotopic (exact) mass is 317 g/mol. The highest BCUT2D eigenvalue weighted by Crippen LogP contribution is 2.24. The van der Waals surface area contributed by atoms with Gasteiger partial charge < -0.3 is 15.0 Å². The molecule has 6 heteroatoms. The Balaban J connectivity index is 1.45. The second-order valence-corrected chi connectivity index (χ2v) is 6.19. The Morgan fingerprint density at radius 1 is 1.30 bits per heavy atom. The molecule has 3 heterocycles. The molecular formula is C17H23N3O3. The first-order valence-corrected chi connectivity index (χ1v) is 8.28. The first-order chi connectivity index (χ1) is 11.2. The zero-order valence-electron chi connectivity index (χ0n) is 13.2. The van der Waals surface area contributed by atoms with E-state index in [1.165, 1.54) is 0 Å². The summed E-state index contributed by atoms with van der Waals surface area (Å²) in [4.78, 5) is 30.3. The molecule has 0 spiro atoms. The third kappa shape index (κ3) is 4.07. The molecule has 2 aliphatic rings. The molecule has 2 aliphatic heterocycles. The van der Waals surface area contributed by atoms with Gasteiger partial charge in [-0.3, -0.25) is 14.6 Å². The minimum absolute atomic E-state index is 0.0121. The molecule has 0 saturated carbocycles. The van der Waals surface area contributed by atoms with Crippen LogP contribution in [0.5, 0.6) is 0 Å². The van der Waals surface area contributed by atoms with Gasteiger partial charge in [-0.05, 0) is 37.0 Å². The smallest absolute Gasteiger partial charge is 0.225 e. The number of amides is 2. The van der Waals surface area contributed by atoms with E-state index in [-0.39, 0.29) is 23.8 Å². The van der Waals surface area contributed by atoms with Crippen LogP contribution in [0.4, 0.5) is 0 Å². The number of nitrogens with one attached hydrogen (secondary N) is 1. The topological polar surface area (TPSA) is 71.5 Å². The predicted molar refractivity (Wildman–Crippen MR) is 84.6 cm³/mol. The van der Waals surface area contributed by atoms with Crippen LogP contribution in [0.1, 0.15) is 24.8 Å². The van der Waals surface area contributed by atoms with Gasteiger partial charge in [-0.25, -0.2) is 0 Å². The summed E-state index contributed by atoms with van der Waals surface area (Å²) in [7, 11) is 0. The summed E-state index contributed by atoms with van der Waals surface area (Å²) in [6.07, 6.45) is 6.36. The summed E-state index contributed by atoms with van der Waals surface area (Å²) in [6, 6.07) is 4.13. The van der Waals surface area contributed by atoms with E-state index >= 15 is 0 Å². The van der Waals surface area contributed by atoms with Gasteiger partial charge in [0.25, 0.3) is 0 Å². The summed E-state index contributed by atoms with van der Waals surface area (Å²) in [5.74, 6) is -0.129. The van der Waals surface area contributed by atoms with Gasteiger partial charge >= 0.3 is 0 Å². The van der Waals surface area contributed by atoms with E-state index in [9.17, 15) is 9.59 Å². The van der Waals surface area contributed by atoms with Crippen LogP contribution < -0.4 is 5.32 Å². The zero-order valence-corrected chi connectivity index (χ0v) is 13.2. The van der Waals surface area contributed by atoms with Gasteiger partial charge in [0, 0.05) is 51.2 Å². The van der Waals surface area contributed by atoms with E-state index in [1.807, 2.05) is 17.0 Å². The standard InChI is InChI=1S/C17H23N3O3/c21-16-11-14(12-20(16)15-4-9-23-10-5-15)17(22)19-8-3-13-1-6-18-7-2-13/h1-2,6-7,14-15H,3-5,8-12H2,(H,19,22)/t14-/m0/s1. The highest BCUT2D eigenvalue weighted by Gasteiger charge is 2.38. The zero-order chi connectivity index (χ0) is 16.1. The minimum Gasteiger partial charge on any atom is -0.381 e. The van der Waals surface area contributed by atoms with Crippen molar-refractivity contribution in [2.24, 2.45) is 5.92 Å². The maximum Gasteiger partial charge on any atom is 0.225 e. The third-order valence-electron chi connectivity index (χ3n) is 4.62. The van der Waals surface area contributed by atoms with E-state index in [4.69, 9.17) is 4.74 Å². The second kappa shape index (κ2) is 7.55. The Hall–Kier alpha value is -1.95. The number of likely N-dealkylation sites (tertiary alicyclic amines) is 1. The maximum absolute atomic E-state index is 12.3. The molecule has 3 rings (SSSR count). The highest BCUT2D eigenvalue weighted by molar-refractivity contribution is 5.89. The molecule has 0 aliphatic carbocycles. The Kier molecular flexibility index (Phi) is 5.23. The van der Waals surface area contributed by atoms with Gasteiger partial charge in [-0.1, -0.05) is 0 Å². The summed E-state index contributed by atoms with van der Waals surface area (Å²) in [5.41, 5.74) is 1.15. The number of carbonyl (C=O) groups excluding carboxylic acids is 2. The van der Waals surface area contributed by atoms with Gasteiger partial charge in [-0.15, -0.1) is 0 Å². The molecule has 1 aromatic heterocycles. The number of hydrogen-bond donors (Lipinski definition) is 1. The van der Waals surface area contributed by atoms with Gasteiger partial charge in [-0.2, -0.15) is 0 Å². The van der Waals surface area contributed by atoms with Gasteiger partial charge in [0.1, 0.15) is 0 Å². The van der Waals surface area contributed by atoms with Gasteiger partial charge in [0.2, 0.25) is 11.8 Å².